The number of nitrogens with two attached hydrogens (primary N) is 1. The van der Waals surface area contributed by atoms with Crippen molar-refractivity contribution < 1.29 is 0 Å². The molecule has 86 valence electrons. The van der Waals surface area contributed by atoms with Crippen LogP contribution >= 0.6 is 11.8 Å². The maximum atomic E-state index is 5.77. The molecule has 0 bridgehead atoms. The fraction of sp³-hybridized carbons (Fsp3) is 1.00. The second-order valence-electron chi connectivity index (χ2n) is 3.86. The van der Waals surface area contributed by atoms with E-state index in [1.807, 2.05) is 11.8 Å². The van der Waals surface area contributed by atoms with Crippen LogP contribution in [0.5, 0.6) is 0 Å². The Morgan fingerprint density at radius 2 is 2.07 bits per heavy atom. The summed E-state index contributed by atoms with van der Waals surface area (Å²) in [6, 6.07) is 0.583. The number of hydrogen-bond acceptors (Lipinski definition) is 3. The lowest BCUT2D eigenvalue weighted by Crippen LogP contribution is -2.38. The lowest BCUT2D eigenvalue weighted by Gasteiger charge is -2.26. The lowest BCUT2D eigenvalue weighted by molar-refractivity contribution is 0.237. The predicted molar refractivity (Wildman–Crippen MR) is 68.0 cm³/mol. The molecule has 1 unspecified atom stereocenters. The minimum absolute atomic E-state index is 0.583. The molecule has 0 aliphatic rings. The van der Waals surface area contributed by atoms with Gasteiger partial charge in [0, 0.05) is 12.6 Å². The summed E-state index contributed by atoms with van der Waals surface area (Å²) in [7, 11) is 2.20. The van der Waals surface area contributed by atoms with Gasteiger partial charge < -0.3 is 10.6 Å². The van der Waals surface area contributed by atoms with Gasteiger partial charge in [0.2, 0.25) is 0 Å². The molecule has 0 aromatic heterocycles. The van der Waals surface area contributed by atoms with E-state index in [2.05, 4.69) is 25.1 Å². The van der Waals surface area contributed by atoms with Crippen molar-refractivity contribution in [1.82, 2.24) is 4.90 Å². The standard InChI is InChI=1S/C11H26N2S/c1-4-5-6-8-13(2)11(10-12)7-9-14-3/h11H,4-10,12H2,1-3H3. The van der Waals surface area contributed by atoms with Gasteiger partial charge in [-0.25, -0.2) is 0 Å². The maximum absolute atomic E-state index is 5.77. The molecule has 14 heavy (non-hydrogen) atoms. The molecule has 0 rings (SSSR count). The number of hydrogen-bond donors (Lipinski definition) is 1. The molecular formula is C11H26N2S. The van der Waals surface area contributed by atoms with Gasteiger partial charge in [-0.2, -0.15) is 11.8 Å². The quantitative estimate of drug-likeness (QED) is 0.602. The van der Waals surface area contributed by atoms with Gasteiger partial charge in [0.15, 0.2) is 0 Å². The summed E-state index contributed by atoms with van der Waals surface area (Å²) in [5, 5.41) is 0. The summed E-state index contributed by atoms with van der Waals surface area (Å²) in [4.78, 5) is 2.42. The Bertz CT molecular complexity index is 120. The molecule has 0 aromatic carbocycles. The zero-order valence-electron chi connectivity index (χ0n) is 9.96. The fourth-order valence-electron chi connectivity index (χ4n) is 1.57. The van der Waals surface area contributed by atoms with Crippen LogP contribution in [-0.4, -0.2) is 43.1 Å². The average molecular weight is 218 g/mol. The van der Waals surface area contributed by atoms with Crippen LogP contribution in [0, 0.1) is 0 Å². The van der Waals surface area contributed by atoms with Crippen LogP contribution in [-0.2, 0) is 0 Å². The first-order valence-electron chi connectivity index (χ1n) is 5.65. The molecule has 0 saturated carbocycles. The summed E-state index contributed by atoms with van der Waals surface area (Å²) in [6.07, 6.45) is 7.32. The van der Waals surface area contributed by atoms with Gasteiger partial charge >= 0.3 is 0 Å². The van der Waals surface area contributed by atoms with E-state index >= 15 is 0 Å². The molecule has 2 N–H and O–H groups in total. The van der Waals surface area contributed by atoms with Gasteiger partial charge in [-0.3, -0.25) is 0 Å². The Labute approximate surface area is 93.6 Å². The van der Waals surface area contributed by atoms with Crippen LogP contribution in [0.3, 0.4) is 0 Å². The molecule has 0 amide bonds. The molecule has 2 nitrogen and oxygen atoms in total. The summed E-state index contributed by atoms with van der Waals surface area (Å²) in [6.45, 7) is 4.24. The van der Waals surface area contributed by atoms with Crippen molar-refractivity contribution in [2.75, 3.05) is 32.1 Å². The molecule has 0 heterocycles. The number of rotatable bonds is 9. The summed E-state index contributed by atoms with van der Waals surface area (Å²) < 4.78 is 0. The Kier molecular flexibility index (Phi) is 10.0. The zero-order chi connectivity index (χ0) is 10.8. The van der Waals surface area contributed by atoms with E-state index in [1.54, 1.807) is 0 Å². The van der Waals surface area contributed by atoms with Crippen LogP contribution in [0.25, 0.3) is 0 Å². The van der Waals surface area contributed by atoms with Crippen molar-refractivity contribution in [2.24, 2.45) is 5.73 Å². The topological polar surface area (TPSA) is 29.3 Å². The van der Waals surface area contributed by atoms with E-state index in [0.717, 1.165) is 6.54 Å². The first-order valence-corrected chi connectivity index (χ1v) is 7.04. The summed E-state index contributed by atoms with van der Waals surface area (Å²) >= 11 is 1.91. The van der Waals surface area contributed by atoms with E-state index in [-0.39, 0.29) is 0 Å². The smallest absolute Gasteiger partial charge is 0.0223 e. The van der Waals surface area contributed by atoms with Gasteiger partial charge in [-0.05, 0) is 38.4 Å². The second-order valence-corrected chi connectivity index (χ2v) is 4.84. The van der Waals surface area contributed by atoms with Crippen molar-refractivity contribution in [3.63, 3.8) is 0 Å². The highest BCUT2D eigenvalue weighted by atomic mass is 32.2. The molecule has 0 fully saturated rings. The van der Waals surface area contributed by atoms with Gasteiger partial charge in [-0.1, -0.05) is 19.8 Å². The highest BCUT2D eigenvalue weighted by Crippen LogP contribution is 2.07. The van der Waals surface area contributed by atoms with Crippen LogP contribution in [0.15, 0.2) is 0 Å². The molecule has 0 aliphatic heterocycles. The van der Waals surface area contributed by atoms with Crippen molar-refractivity contribution in [1.29, 1.82) is 0 Å². The number of unbranched alkanes of at least 4 members (excludes halogenated alkanes) is 2. The Balaban J connectivity index is 3.61. The highest BCUT2D eigenvalue weighted by Gasteiger charge is 2.11. The van der Waals surface area contributed by atoms with Crippen LogP contribution in [0.2, 0.25) is 0 Å². The first-order chi connectivity index (χ1) is 6.76. The third kappa shape index (κ3) is 6.68. The SMILES string of the molecule is CCCCCN(C)C(CN)CCSC. The Hall–Kier alpha value is 0.270. The monoisotopic (exact) mass is 218 g/mol. The first kappa shape index (κ1) is 14.3. The summed E-state index contributed by atoms with van der Waals surface area (Å²) in [5.74, 6) is 1.22. The normalized spacial score (nSPS) is 13.5. The highest BCUT2D eigenvalue weighted by molar-refractivity contribution is 7.98. The molecule has 1 atom stereocenters. The van der Waals surface area contributed by atoms with Gasteiger partial charge in [0.1, 0.15) is 0 Å². The second kappa shape index (κ2) is 9.81. The van der Waals surface area contributed by atoms with Crippen LogP contribution in [0.4, 0.5) is 0 Å². The van der Waals surface area contributed by atoms with Crippen LogP contribution < -0.4 is 5.73 Å². The predicted octanol–water partition coefficient (Wildman–Crippen LogP) is 2.19. The van der Waals surface area contributed by atoms with E-state index in [0.29, 0.717) is 6.04 Å². The average Bonchev–Trinajstić information content (AvgIpc) is 2.19. The lowest BCUT2D eigenvalue weighted by atomic mass is 10.1. The largest absolute Gasteiger partial charge is 0.329 e. The molecular weight excluding hydrogens is 192 g/mol. The zero-order valence-corrected chi connectivity index (χ0v) is 10.8. The van der Waals surface area contributed by atoms with Gasteiger partial charge in [-0.15, -0.1) is 0 Å². The Morgan fingerprint density at radius 1 is 1.36 bits per heavy atom. The van der Waals surface area contributed by atoms with Gasteiger partial charge in [0.25, 0.3) is 0 Å². The minimum Gasteiger partial charge on any atom is -0.329 e. The number of nitrogens with zero attached hydrogens (tertiary/aromatic N) is 1. The summed E-state index contributed by atoms with van der Waals surface area (Å²) in [5.41, 5.74) is 5.77. The van der Waals surface area contributed by atoms with E-state index < -0.39 is 0 Å². The third-order valence-electron chi connectivity index (χ3n) is 2.66. The van der Waals surface area contributed by atoms with E-state index in [4.69, 9.17) is 5.73 Å². The minimum atomic E-state index is 0.583. The third-order valence-corrected chi connectivity index (χ3v) is 3.31. The van der Waals surface area contributed by atoms with Crippen molar-refractivity contribution in [2.45, 2.75) is 38.6 Å². The van der Waals surface area contributed by atoms with Crippen LogP contribution in [0.1, 0.15) is 32.6 Å². The van der Waals surface area contributed by atoms with E-state index in [1.165, 1.54) is 38.0 Å². The molecule has 0 aliphatic carbocycles. The fourth-order valence-corrected chi connectivity index (χ4v) is 2.07. The molecule has 0 aromatic rings. The molecule has 0 radical (unpaired) electrons. The van der Waals surface area contributed by atoms with Gasteiger partial charge in [0.05, 0.1) is 0 Å². The number of thioether (sulfide) groups is 1. The molecule has 3 heteroatoms. The van der Waals surface area contributed by atoms with E-state index in [9.17, 15) is 0 Å². The molecule has 0 spiro atoms. The Morgan fingerprint density at radius 3 is 2.57 bits per heavy atom. The van der Waals surface area contributed by atoms with Crippen molar-refractivity contribution >= 4 is 11.8 Å². The van der Waals surface area contributed by atoms with Crippen molar-refractivity contribution in [3.05, 3.63) is 0 Å². The maximum Gasteiger partial charge on any atom is 0.0223 e. The van der Waals surface area contributed by atoms with Crippen molar-refractivity contribution in [3.8, 4) is 0 Å². The molecule has 0 saturated heterocycles. The number of likely N-dealkylation sites (N-methyl/N-ethyl adjacent to an activating group) is 1.